The maximum atomic E-state index is 11.2. The van der Waals surface area contributed by atoms with Crippen molar-refractivity contribution in [1.82, 2.24) is 0 Å². The van der Waals surface area contributed by atoms with E-state index in [9.17, 15) is 4.79 Å². The second-order valence-corrected chi connectivity index (χ2v) is 11.4. The van der Waals surface area contributed by atoms with Crippen LogP contribution >= 0.6 is 11.8 Å². The monoisotopic (exact) mass is 282 g/mol. The zero-order chi connectivity index (χ0) is 13.6. The average Bonchev–Trinajstić information content (AvgIpc) is 2.29. The predicted molar refractivity (Wildman–Crippen MR) is 81.4 cm³/mol. The lowest BCUT2D eigenvalue weighted by Crippen LogP contribution is -2.37. The first kappa shape index (κ1) is 15.3. The van der Waals surface area contributed by atoms with Crippen LogP contribution in [0.1, 0.15) is 13.3 Å². The van der Waals surface area contributed by atoms with Crippen molar-refractivity contribution in [3.8, 4) is 0 Å². The Morgan fingerprint density at radius 3 is 2.33 bits per heavy atom. The van der Waals surface area contributed by atoms with Crippen LogP contribution in [0.15, 0.2) is 29.2 Å². The van der Waals surface area contributed by atoms with E-state index in [4.69, 9.17) is 4.74 Å². The van der Waals surface area contributed by atoms with Crippen LogP contribution in [0, 0.1) is 0 Å². The van der Waals surface area contributed by atoms with Crippen molar-refractivity contribution in [2.24, 2.45) is 0 Å². The number of benzene rings is 1. The Bertz CT molecular complexity index is 382. The molecular formula is C14H22O2SSi. The summed E-state index contributed by atoms with van der Waals surface area (Å²) in [5, 5.41) is 1.47. The maximum Gasteiger partial charge on any atom is 0.306 e. The summed E-state index contributed by atoms with van der Waals surface area (Å²) in [7, 11) is -1.20. The highest BCUT2D eigenvalue weighted by atomic mass is 32.2. The van der Waals surface area contributed by atoms with Gasteiger partial charge in [-0.15, -0.1) is 11.8 Å². The number of carbonyl (C=O) groups excluding carboxylic acids is 1. The summed E-state index contributed by atoms with van der Waals surface area (Å²) in [6.07, 6.45) is 0.480. The molecule has 0 fully saturated rings. The van der Waals surface area contributed by atoms with Gasteiger partial charge in [0.15, 0.2) is 0 Å². The van der Waals surface area contributed by atoms with E-state index in [-0.39, 0.29) is 5.97 Å². The molecule has 1 aromatic rings. The fraction of sp³-hybridized carbons (Fsp3) is 0.500. The molecule has 1 aromatic carbocycles. The van der Waals surface area contributed by atoms with Gasteiger partial charge in [-0.3, -0.25) is 4.79 Å². The normalized spacial score (nSPS) is 11.3. The molecule has 0 atom stereocenters. The van der Waals surface area contributed by atoms with Gasteiger partial charge in [-0.2, -0.15) is 0 Å². The van der Waals surface area contributed by atoms with Gasteiger partial charge in [0.25, 0.3) is 0 Å². The summed E-state index contributed by atoms with van der Waals surface area (Å²) >= 11 is 1.71. The summed E-state index contributed by atoms with van der Waals surface area (Å²) in [5.74, 6) is 0.675. The molecule has 0 amide bonds. The zero-order valence-electron chi connectivity index (χ0n) is 11.7. The standard InChI is InChI=1S/C14H22O2SSi/c1-5-16-14(15)10-11-17-12-6-8-13(9-7-12)18(2,3)4/h6-9H,5,10-11H2,1-4H3. The fourth-order valence-electron chi connectivity index (χ4n) is 1.54. The van der Waals surface area contributed by atoms with E-state index in [0.29, 0.717) is 13.0 Å². The maximum absolute atomic E-state index is 11.2. The molecule has 0 N–H and O–H groups in total. The number of esters is 1. The van der Waals surface area contributed by atoms with Crippen LogP contribution in [0.2, 0.25) is 19.6 Å². The van der Waals surface area contributed by atoms with Gasteiger partial charge in [0, 0.05) is 10.6 Å². The molecule has 0 saturated heterocycles. The molecule has 18 heavy (non-hydrogen) atoms. The van der Waals surface area contributed by atoms with Gasteiger partial charge in [0.05, 0.1) is 21.1 Å². The summed E-state index contributed by atoms with van der Waals surface area (Å²) in [6.45, 7) is 9.33. The van der Waals surface area contributed by atoms with Crippen molar-refractivity contribution in [1.29, 1.82) is 0 Å². The Labute approximate surface area is 115 Å². The molecule has 0 saturated carbocycles. The minimum atomic E-state index is -1.20. The summed E-state index contributed by atoms with van der Waals surface area (Å²) in [6, 6.07) is 8.75. The topological polar surface area (TPSA) is 26.3 Å². The molecular weight excluding hydrogens is 260 g/mol. The van der Waals surface area contributed by atoms with Crippen molar-refractivity contribution in [3.05, 3.63) is 24.3 Å². The smallest absolute Gasteiger partial charge is 0.306 e. The second-order valence-electron chi connectivity index (χ2n) is 5.18. The van der Waals surface area contributed by atoms with E-state index in [1.165, 1.54) is 10.1 Å². The van der Waals surface area contributed by atoms with Gasteiger partial charge < -0.3 is 4.74 Å². The largest absolute Gasteiger partial charge is 0.466 e. The molecule has 4 heteroatoms. The van der Waals surface area contributed by atoms with Gasteiger partial charge >= 0.3 is 5.97 Å². The molecule has 0 radical (unpaired) electrons. The van der Waals surface area contributed by atoms with Gasteiger partial charge in [-0.25, -0.2) is 0 Å². The van der Waals surface area contributed by atoms with Crippen LogP contribution in [0.25, 0.3) is 0 Å². The Morgan fingerprint density at radius 1 is 1.22 bits per heavy atom. The molecule has 0 unspecified atom stereocenters. The molecule has 0 spiro atoms. The van der Waals surface area contributed by atoms with E-state index >= 15 is 0 Å². The number of hydrogen-bond donors (Lipinski definition) is 0. The van der Waals surface area contributed by atoms with E-state index < -0.39 is 8.07 Å². The van der Waals surface area contributed by atoms with Crippen molar-refractivity contribution < 1.29 is 9.53 Å². The van der Waals surface area contributed by atoms with Crippen LogP contribution < -0.4 is 5.19 Å². The van der Waals surface area contributed by atoms with E-state index in [1.54, 1.807) is 11.8 Å². The lowest BCUT2D eigenvalue weighted by molar-refractivity contribution is -0.142. The van der Waals surface area contributed by atoms with Gasteiger partial charge in [0.2, 0.25) is 0 Å². The van der Waals surface area contributed by atoms with Crippen LogP contribution in [-0.4, -0.2) is 26.4 Å². The van der Waals surface area contributed by atoms with Crippen molar-refractivity contribution in [2.45, 2.75) is 37.9 Å². The fourth-order valence-corrected chi connectivity index (χ4v) is 3.54. The number of hydrogen-bond acceptors (Lipinski definition) is 3. The predicted octanol–water partition coefficient (Wildman–Crippen LogP) is 3.28. The molecule has 0 aliphatic rings. The first-order valence-corrected chi connectivity index (χ1v) is 10.8. The Hall–Kier alpha value is -0.743. The van der Waals surface area contributed by atoms with Crippen LogP contribution in [-0.2, 0) is 9.53 Å². The molecule has 2 nitrogen and oxygen atoms in total. The Kier molecular flexibility index (Phi) is 5.95. The molecule has 0 aromatic heterocycles. The zero-order valence-corrected chi connectivity index (χ0v) is 13.5. The minimum absolute atomic E-state index is 0.108. The lowest BCUT2D eigenvalue weighted by Gasteiger charge is -2.16. The Morgan fingerprint density at radius 2 is 1.83 bits per heavy atom. The molecule has 0 aliphatic heterocycles. The highest BCUT2D eigenvalue weighted by Gasteiger charge is 2.15. The molecule has 0 aliphatic carbocycles. The third kappa shape index (κ3) is 5.27. The molecule has 100 valence electrons. The van der Waals surface area contributed by atoms with E-state index in [2.05, 4.69) is 43.9 Å². The Balaban J connectivity index is 2.42. The number of carbonyl (C=O) groups is 1. The van der Waals surface area contributed by atoms with Crippen LogP contribution in [0.4, 0.5) is 0 Å². The quantitative estimate of drug-likeness (QED) is 0.455. The molecule has 1 rings (SSSR count). The molecule has 0 bridgehead atoms. The SMILES string of the molecule is CCOC(=O)CCSc1ccc([Si](C)(C)C)cc1. The van der Waals surface area contributed by atoms with E-state index in [0.717, 1.165) is 5.75 Å². The number of rotatable bonds is 6. The highest BCUT2D eigenvalue weighted by Crippen LogP contribution is 2.18. The summed E-state index contributed by atoms with van der Waals surface area (Å²) in [4.78, 5) is 12.4. The van der Waals surface area contributed by atoms with Crippen LogP contribution in [0.5, 0.6) is 0 Å². The first-order chi connectivity index (χ1) is 8.43. The summed E-state index contributed by atoms with van der Waals surface area (Å²) < 4.78 is 4.90. The van der Waals surface area contributed by atoms with Gasteiger partial charge in [0.1, 0.15) is 0 Å². The van der Waals surface area contributed by atoms with Crippen molar-refractivity contribution in [2.75, 3.05) is 12.4 Å². The van der Waals surface area contributed by atoms with Crippen molar-refractivity contribution in [3.63, 3.8) is 0 Å². The first-order valence-electron chi connectivity index (χ1n) is 6.32. The van der Waals surface area contributed by atoms with E-state index in [1.807, 2.05) is 6.92 Å². The van der Waals surface area contributed by atoms with Gasteiger partial charge in [-0.1, -0.05) is 37.0 Å². The lowest BCUT2D eigenvalue weighted by atomic mass is 10.4. The second kappa shape index (κ2) is 7.00. The van der Waals surface area contributed by atoms with Crippen molar-refractivity contribution >= 4 is 31.0 Å². The highest BCUT2D eigenvalue weighted by molar-refractivity contribution is 7.99. The van der Waals surface area contributed by atoms with Gasteiger partial charge in [-0.05, 0) is 19.1 Å². The average molecular weight is 282 g/mol. The number of thioether (sulfide) groups is 1. The van der Waals surface area contributed by atoms with Crippen LogP contribution in [0.3, 0.4) is 0 Å². The summed E-state index contributed by atoms with van der Waals surface area (Å²) in [5.41, 5.74) is 0. The minimum Gasteiger partial charge on any atom is -0.466 e. The third-order valence-corrected chi connectivity index (χ3v) is 5.68. The third-order valence-electron chi connectivity index (χ3n) is 2.60. The number of ether oxygens (including phenoxy) is 1. The molecule has 0 heterocycles.